The van der Waals surface area contributed by atoms with Gasteiger partial charge in [-0.25, -0.2) is 0 Å². The van der Waals surface area contributed by atoms with Crippen LogP contribution in [0.3, 0.4) is 0 Å². The average Bonchev–Trinajstić information content (AvgIpc) is 2.97. The summed E-state index contributed by atoms with van der Waals surface area (Å²) in [6, 6.07) is 0. The summed E-state index contributed by atoms with van der Waals surface area (Å²) in [4.78, 5) is 6.88. The molecule has 0 spiro atoms. The largest absolute Gasteiger partial charge is 0.393 e. The fourth-order valence-electron chi connectivity index (χ4n) is 3.27. The van der Waals surface area contributed by atoms with Crippen LogP contribution in [0.25, 0.3) is 0 Å². The van der Waals surface area contributed by atoms with E-state index >= 15 is 0 Å². The molecule has 21 heavy (non-hydrogen) atoms. The van der Waals surface area contributed by atoms with Gasteiger partial charge in [-0.3, -0.25) is 4.90 Å². The predicted molar refractivity (Wildman–Crippen MR) is 76.8 cm³/mol. The molecule has 118 valence electrons. The summed E-state index contributed by atoms with van der Waals surface area (Å²) in [6.07, 6.45) is 3.93. The summed E-state index contributed by atoms with van der Waals surface area (Å²) in [5.41, 5.74) is 0. The van der Waals surface area contributed by atoms with Gasteiger partial charge < -0.3 is 14.4 Å². The van der Waals surface area contributed by atoms with Crippen molar-refractivity contribution < 1.29 is 14.4 Å². The van der Waals surface area contributed by atoms with E-state index in [1.807, 2.05) is 6.92 Å². The van der Waals surface area contributed by atoms with Gasteiger partial charge in [-0.15, -0.1) is 0 Å². The van der Waals surface area contributed by atoms with E-state index in [0.29, 0.717) is 11.8 Å². The maximum absolute atomic E-state index is 9.75. The van der Waals surface area contributed by atoms with E-state index in [1.165, 1.54) is 0 Å². The fourth-order valence-corrected chi connectivity index (χ4v) is 3.27. The van der Waals surface area contributed by atoms with Crippen molar-refractivity contribution in [1.29, 1.82) is 0 Å². The lowest BCUT2D eigenvalue weighted by Crippen LogP contribution is -2.39. The molecule has 2 aliphatic rings. The SMILES string of the molecule is CC(O)C1CCCN(Cc2noc(C3CCOCC3)n2)C1. The molecule has 6 nitrogen and oxygen atoms in total. The predicted octanol–water partition coefficient (Wildman–Crippen LogP) is 1.56. The highest BCUT2D eigenvalue weighted by atomic mass is 16.5. The molecule has 2 atom stereocenters. The van der Waals surface area contributed by atoms with Crippen LogP contribution in [-0.4, -0.2) is 52.6 Å². The molecule has 0 bridgehead atoms. The summed E-state index contributed by atoms with van der Waals surface area (Å²) in [5.74, 6) is 2.24. The minimum absolute atomic E-state index is 0.240. The average molecular weight is 295 g/mol. The molecule has 1 aromatic heterocycles. The van der Waals surface area contributed by atoms with E-state index < -0.39 is 0 Å². The van der Waals surface area contributed by atoms with Gasteiger partial charge in [0.2, 0.25) is 5.89 Å². The molecule has 0 aromatic carbocycles. The van der Waals surface area contributed by atoms with Crippen molar-refractivity contribution in [3.05, 3.63) is 11.7 Å². The second-order valence-corrected chi connectivity index (χ2v) is 6.31. The number of aliphatic hydroxyl groups is 1. The third-order valence-electron chi connectivity index (χ3n) is 4.64. The monoisotopic (exact) mass is 295 g/mol. The molecule has 1 aromatic rings. The first-order valence-corrected chi connectivity index (χ1v) is 8.03. The molecule has 0 radical (unpaired) electrons. The summed E-state index contributed by atoms with van der Waals surface area (Å²) in [6.45, 7) is 6.13. The summed E-state index contributed by atoms with van der Waals surface area (Å²) in [7, 11) is 0. The van der Waals surface area contributed by atoms with Gasteiger partial charge in [0, 0.05) is 25.7 Å². The Morgan fingerprint density at radius 3 is 2.90 bits per heavy atom. The topological polar surface area (TPSA) is 71.6 Å². The standard InChI is InChI=1S/C15H25N3O3/c1-11(19)13-3-2-6-18(9-13)10-14-16-15(21-17-14)12-4-7-20-8-5-12/h11-13,19H,2-10H2,1H3. The van der Waals surface area contributed by atoms with Crippen molar-refractivity contribution in [3.8, 4) is 0 Å². The van der Waals surface area contributed by atoms with E-state index in [0.717, 1.165) is 70.2 Å². The summed E-state index contributed by atoms with van der Waals surface area (Å²) in [5, 5.41) is 13.9. The molecule has 2 saturated heterocycles. The highest BCUT2D eigenvalue weighted by molar-refractivity contribution is 4.95. The Hall–Kier alpha value is -0.980. The Kier molecular flexibility index (Phi) is 4.87. The normalized spacial score (nSPS) is 26.9. The van der Waals surface area contributed by atoms with Gasteiger partial charge >= 0.3 is 0 Å². The first-order valence-electron chi connectivity index (χ1n) is 8.03. The van der Waals surface area contributed by atoms with Crippen molar-refractivity contribution in [1.82, 2.24) is 15.0 Å². The van der Waals surface area contributed by atoms with Crippen LogP contribution in [0.15, 0.2) is 4.52 Å². The lowest BCUT2D eigenvalue weighted by Gasteiger charge is -2.33. The highest BCUT2D eigenvalue weighted by Gasteiger charge is 2.26. The van der Waals surface area contributed by atoms with Gasteiger partial charge in [-0.1, -0.05) is 5.16 Å². The molecule has 0 amide bonds. The molecule has 2 unspecified atom stereocenters. The Bertz CT molecular complexity index is 443. The van der Waals surface area contributed by atoms with Crippen molar-refractivity contribution in [2.75, 3.05) is 26.3 Å². The second kappa shape index (κ2) is 6.85. The Morgan fingerprint density at radius 1 is 1.33 bits per heavy atom. The first-order chi connectivity index (χ1) is 10.2. The van der Waals surface area contributed by atoms with Crippen molar-refractivity contribution in [2.45, 2.75) is 51.2 Å². The van der Waals surface area contributed by atoms with Crippen LogP contribution in [0, 0.1) is 5.92 Å². The van der Waals surface area contributed by atoms with Crippen LogP contribution < -0.4 is 0 Å². The number of rotatable bonds is 4. The summed E-state index contributed by atoms with van der Waals surface area (Å²) >= 11 is 0. The van der Waals surface area contributed by atoms with Gasteiger partial charge in [0.25, 0.3) is 0 Å². The lowest BCUT2D eigenvalue weighted by atomic mass is 9.93. The summed E-state index contributed by atoms with van der Waals surface area (Å²) < 4.78 is 10.8. The second-order valence-electron chi connectivity index (χ2n) is 6.31. The van der Waals surface area contributed by atoms with E-state index in [4.69, 9.17) is 9.26 Å². The molecule has 3 rings (SSSR count). The quantitative estimate of drug-likeness (QED) is 0.909. The van der Waals surface area contributed by atoms with Crippen LogP contribution in [0.4, 0.5) is 0 Å². The van der Waals surface area contributed by atoms with Crippen molar-refractivity contribution in [3.63, 3.8) is 0 Å². The molecular formula is C15H25N3O3. The van der Waals surface area contributed by atoms with E-state index in [1.54, 1.807) is 0 Å². The molecule has 0 saturated carbocycles. The fraction of sp³-hybridized carbons (Fsp3) is 0.867. The zero-order chi connectivity index (χ0) is 14.7. The van der Waals surface area contributed by atoms with Crippen molar-refractivity contribution in [2.24, 2.45) is 5.92 Å². The number of hydrogen-bond donors (Lipinski definition) is 1. The number of hydrogen-bond acceptors (Lipinski definition) is 6. The Morgan fingerprint density at radius 2 is 2.14 bits per heavy atom. The van der Waals surface area contributed by atoms with Crippen LogP contribution >= 0.6 is 0 Å². The van der Waals surface area contributed by atoms with Gasteiger partial charge in [-0.2, -0.15) is 4.98 Å². The number of likely N-dealkylation sites (tertiary alicyclic amines) is 1. The maximum Gasteiger partial charge on any atom is 0.229 e. The van der Waals surface area contributed by atoms with Gasteiger partial charge in [0.1, 0.15) is 0 Å². The van der Waals surface area contributed by atoms with Crippen molar-refractivity contribution >= 4 is 0 Å². The first kappa shape index (κ1) is 14.9. The third kappa shape index (κ3) is 3.81. The van der Waals surface area contributed by atoms with Gasteiger partial charge in [-0.05, 0) is 45.1 Å². The lowest BCUT2D eigenvalue weighted by molar-refractivity contribution is 0.0586. The van der Waals surface area contributed by atoms with Gasteiger partial charge in [0.05, 0.1) is 12.6 Å². The van der Waals surface area contributed by atoms with Crippen LogP contribution in [0.5, 0.6) is 0 Å². The molecule has 2 fully saturated rings. The van der Waals surface area contributed by atoms with E-state index in [2.05, 4.69) is 15.0 Å². The molecule has 0 aliphatic carbocycles. The molecule has 1 N–H and O–H groups in total. The number of ether oxygens (including phenoxy) is 1. The number of aliphatic hydroxyl groups excluding tert-OH is 1. The van der Waals surface area contributed by atoms with E-state index in [-0.39, 0.29) is 6.10 Å². The van der Waals surface area contributed by atoms with Crippen LogP contribution in [-0.2, 0) is 11.3 Å². The maximum atomic E-state index is 9.75. The molecular weight excluding hydrogens is 270 g/mol. The number of piperidine rings is 1. The highest BCUT2D eigenvalue weighted by Crippen LogP contribution is 2.26. The third-order valence-corrected chi connectivity index (χ3v) is 4.64. The van der Waals surface area contributed by atoms with Crippen LogP contribution in [0.2, 0.25) is 0 Å². The number of aromatic nitrogens is 2. The van der Waals surface area contributed by atoms with Gasteiger partial charge in [0.15, 0.2) is 5.82 Å². The molecule has 2 aliphatic heterocycles. The van der Waals surface area contributed by atoms with Crippen LogP contribution in [0.1, 0.15) is 50.2 Å². The Balaban J connectivity index is 1.56. The number of nitrogens with zero attached hydrogens (tertiary/aromatic N) is 3. The smallest absolute Gasteiger partial charge is 0.229 e. The molecule has 6 heteroatoms. The van der Waals surface area contributed by atoms with E-state index in [9.17, 15) is 5.11 Å². The Labute approximate surface area is 125 Å². The zero-order valence-corrected chi connectivity index (χ0v) is 12.7. The molecule has 3 heterocycles. The minimum atomic E-state index is -0.240. The minimum Gasteiger partial charge on any atom is -0.393 e. The zero-order valence-electron chi connectivity index (χ0n) is 12.7.